The Balaban J connectivity index is 2.28. The van der Waals surface area contributed by atoms with Crippen LogP contribution in [0, 0.1) is 11.6 Å². The molecule has 0 atom stereocenters. The van der Waals surface area contributed by atoms with Gasteiger partial charge in [-0.25, -0.2) is 8.78 Å². The summed E-state index contributed by atoms with van der Waals surface area (Å²) in [5, 5.41) is 12.1. The zero-order valence-electron chi connectivity index (χ0n) is 11.1. The van der Waals surface area contributed by atoms with Gasteiger partial charge in [0.2, 0.25) is 0 Å². The van der Waals surface area contributed by atoms with Gasteiger partial charge in [0, 0.05) is 11.1 Å². The van der Waals surface area contributed by atoms with Crippen LogP contribution in [0.15, 0.2) is 41.6 Å². The first kappa shape index (κ1) is 15.3. The van der Waals surface area contributed by atoms with Gasteiger partial charge < -0.3 is 9.94 Å². The summed E-state index contributed by atoms with van der Waals surface area (Å²) >= 11 is 5.91. The Morgan fingerprint density at radius 1 is 1.29 bits per heavy atom. The van der Waals surface area contributed by atoms with Crippen LogP contribution in [-0.2, 0) is 6.61 Å². The largest absolute Gasteiger partial charge is 0.488 e. The number of hydrogen-bond acceptors (Lipinski definition) is 3. The fourth-order valence-corrected chi connectivity index (χ4v) is 2.00. The summed E-state index contributed by atoms with van der Waals surface area (Å²) in [4.78, 5) is 0. The zero-order valence-corrected chi connectivity index (χ0v) is 11.9. The van der Waals surface area contributed by atoms with Crippen molar-refractivity contribution in [3.63, 3.8) is 0 Å². The predicted molar refractivity (Wildman–Crippen MR) is 76.1 cm³/mol. The molecule has 0 bridgehead atoms. The minimum atomic E-state index is -0.496. The Morgan fingerprint density at radius 2 is 2.05 bits per heavy atom. The van der Waals surface area contributed by atoms with Gasteiger partial charge >= 0.3 is 0 Å². The standard InChI is InChI=1S/C15H12ClF2NO2/c1-9(19-20)11-7-10(17)5-6-15(11)21-8-12-13(16)3-2-4-14(12)18/h2-7,20H,8H2,1H3/b19-9-. The summed E-state index contributed by atoms with van der Waals surface area (Å²) in [5.74, 6) is -0.714. The van der Waals surface area contributed by atoms with Crippen LogP contribution in [-0.4, -0.2) is 10.9 Å². The Hall–Kier alpha value is -2.14. The van der Waals surface area contributed by atoms with E-state index in [-0.39, 0.29) is 34.2 Å². The topological polar surface area (TPSA) is 41.8 Å². The van der Waals surface area contributed by atoms with Crippen LogP contribution in [0.2, 0.25) is 5.02 Å². The smallest absolute Gasteiger partial charge is 0.131 e. The van der Waals surface area contributed by atoms with E-state index in [0.29, 0.717) is 0 Å². The highest BCUT2D eigenvalue weighted by Crippen LogP contribution is 2.25. The van der Waals surface area contributed by atoms with Gasteiger partial charge in [-0.3, -0.25) is 0 Å². The van der Waals surface area contributed by atoms with Crippen LogP contribution in [0.4, 0.5) is 8.78 Å². The zero-order chi connectivity index (χ0) is 15.4. The highest BCUT2D eigenvalue weighted by Gasteiger charge is 2.12. The Bertz CT molecular complexity index is 669. The lowest BCUT2D eigenvalue weighted by Crippen LogP contribution is -2.05. The second-order valence-electron chi connectivity index (χ2n) is 4.31. The molecule has 0 aromatic heterocycles. The molecule has 2 aromatic rings. The van der Waals surface area contributed by atoms with E-state index in [2.05, 4.69) is 5.16 Å². The van der Waals surface area contributed by atoms with Crippen molar-refractivity contribution >= 4 is 17.3 Å². The van der Waals surface area contributed by atoms with Gasteiger partial charge in [-0.1, -0.05) is 22.8 Å². The minimum Gasteiger partial charge on any atom is -0.488 e. The van der Waals surface area contributed by atoms with Gasteiger partial charge in [-0.15, -0.1) is 0 Å². The first-order chi connectivity index (χ1) is 10.0. The lowest BCUT2D eigenvalue weighted by atomic mass is 10.1. The number of ether oxygens (including phenoxy) is 1. The maximum atomic E-state index is 13.7. The van der Waals surface area contributed by atoms with Crippen molar-refractivity contribution in [2.45, 2.75) is 13.5 Å². The molecule has 3 nitrogen and oxygen atoms in total. The fraction of sp³-hybridized carbons (Fsp3) is 0.133. The molecule has 0 radical (unpaired) electrons. The summed E-state index contributed by atoms with van der Waals surface area (Å²) in [6.07, 6.45) is 0. The highest BCUT2D eigenvalue weighted by atomic mass is 35.5. The maximum absolute atomic E-state index is 13.7. The monoisotopic (exact) mass is 311 g/mol. The lowest BCUT2D eigenvalue weighted by molar-refractivity contribution is 0.297. The van der Waals surface area contributed by atoms with Gasteiger partial charge in [0.1, 0.15) is 24.0 Å². The first-order valence-electron chi connectivity index (χ1n) is 6.07. The number of nitrogens with zero attached hydrogens (tertiary/aromatic N) is 1. The van der Waals surface area contributed by atoms with Gasteiger partial charge in [-0.05, 0) is 37.3 Å². The van der Waals surface area contributed by atoms with Gasteiger partial charge in [0.15, 0.2) is 0 Å². The molecule has 6 heteroatoms. The molecule has 0 amide bonds. The average Bonchev–Trinajstić information content (AvgIpc) is 2.47. The first-order valence-corrected chi connectivity index (χ1v) is 6.45. The van der Waals surface area contributed by atoms with Crippen LogP contribution in [0.5, 0.6) is 5.75 Å². The third-order valence-corrected chi connectivity index (χ3v) is 3.27. The molecule has 0 aliphatic rings. The molecule has 0 aliphatic carbocycles. The molecule has 2 aromatic carbocycles. The highest BCUT2D eigenvalue weighted by molar-refractivity contribution is 6.31. The van der Waals surface area contributed by atoms with E-state index in [0.717, 1.165) is 0 Å². The molecule has 0 unspecified atom stereocenters. The quantitative estimate of drug-likeness (QED) is 0.517. The number of oxime groups is 1. The van der Waals surface area contributed by atoms with Crippen LogP contribution in [0.25, 0.3) is 0 Å². The number of rotatable bonds is 4. The van der Waals surface area contributed by atoms with E-state index in [1.54, 1.807) is 6.07 Å². The molecular formula is C15H12ClF2NO2. The van der Waals surface area contributed by atoms with E-state index in [1.165, 1.54) is 37.3 Å². The summed E-state index contributed by atoms with van der Waals surface area (Å²) in [6, 6.07) is 8.08. The SMILES string of the molecule is C/C(=N/O)c1cc(F)ccc1OCc1c(F)cccc1Cl. The lowest BCUT2D eigenvalue weighted by Gasteiger charge is -2.12. The Kier molecular flexibility index (Phi) is 4.75. The van der Waals surface area contributed by atoms with E-state index < -0.39 is 11.6 Å². The number of benzene rings is 2. The summed E-state index contributed by atoms with van der Waals surface area (Å²) in [7, 11) is 0. The minimum absolute atomic E-state index is 0.122. The predicted octanol–water partition coefficient (Wildman–Crippen LogP) is 4.40. The molecule has 110 valence electrons. The van der Waals surface area contributed by atoms with Crippen molar-refractivity contribution in [2.24, 2.45) is 5.16 Å². The van der Waals surface area contributed by atoms with E-state index >= 15 is 0 Å². The fourth-order valence-electron chi connectivity index (χ4n) is 1.78. The third-order valence-electron chi connectivity index (χ3n) is 2.92. The van der Waals surface area contributed by atoms with Crippen molar-refractivity contribution < 1.29 is 18.7 Å². The van der Waals surface area contributed by atoms with Crippen molar-refractivity contribution in [1.29, 1.82) is 0 Å². The molecule has 0 saturated carbocycles. The summed E-state index contributed by atoms with van der Waals surface area (Å²) in [6.45, 7) is 1.38. The van der Waals surface area contributed by atoms with Crippen molar-refractivity contribution in [2.75, 3.05) is 0 Å². The molecule has 0 aliphatic heterocycles. The molecule has 2 rings (SSSR count). The van der Waals surface area contributed by atoms with Crippen molar-refractivity contribution in [1.82, 2.24) is 0 Å². The summed E-state index contributed by atoms with van der Waals surface area (Å²) in [5.41, 5.74) is 0.669. The van der Waals surface area contributed by atoms with E-state index in [1.807, 2.05) is 0 Å². The van der Waals surface area contributed by atoms with E-state index in [4.69, 9.17) is 21.5 Å². The third kappa shape index (κ3) is 3.49. The molecule has 0 saturated heterocycles. The normalized spacial score (nSPS) is 11.5. The van der Waals surface area contributed by atoms with Gasteiger partial charge in [0.05, 0.1) is 10.7 Å². The molecule has 1 N–H and O–H groups in total. The van der Waals surface area contributed by atoms with Crippen LogP contribution in [0.3, 0.4) is 0 Å². The Labute approximate surface area is 125 Å². The molecule has 0 heterocycles. The van der Waals surface area contributed by atoms with Crippen LogP contribution >= 0.6 is 11.6 Å². The molecule has 0 spiro atoms. The van der Waals surface area contributed by atoms with Crippen LogP contribution < -0.4 is 4.74 Å². The van der Waals surface area contributed by atoms with Gasteiger partial charge in [-0.2, -0.15) is 0 Å². The number of halogens is 3. The average molecular weight is 312 g/mol. The molecular weight excluding hydrogens is 300 g/mol. The van der Waals surface area contributed by atoms with E-state index in [9.17, 15) is 8.78 Å². The number of hydrogen-bond donors (Lipinski definition) is 1. The van der Waals surface area contributed by atoms with Crippen LogP contribution in [0.1, 0.15) is 18.1 Å². The van der Waals surface area contributed by atoms with Gasteiger partial charge in [0.25, 0.3) is 0 Å². The maximum Gasteiger partial charge on any atom is 0.131 e. The van der Waals surface area contributed by atoms with Crippen molar-refractivity contribution in [3.8, 4) is 5.75 Å². The Morgan fingerprint density at radius 3 is 2.71 bits per heavy atom. The second kappa shape index (κ2) is 6.54. The van der Waals surface area contributed by atoms with Crippen molar-refractivity contribution in [3.05, 3.63) is 64.2 Å². The summed E-state index contributed by atoms with van der Waals surface area (Å²) < 4.78 is 32.4. The molecule has 0 fully saturated rings. The second-order valence-corrected chi connectivity index (χ2v) is 4.72. The molecule has 21 heavy (non-hydrogen) atoms.